The molecule has 148 valence electrons. The second-order valence-corrected chi connectivity index (χ2v) is 7.47. The average Bonchev–Trinajstić information content (AvgIpc) is 2.74. The van der Waals surface area contributed by atoms with Gasteiger partial charge in [0.1, 0.15) is 5.75 Å². The first-order chi connectivity index (χ1) is 13.6. The number of hydrogen-bond donors (Lipinski definition) is 1. The third kappa shape index (κ3) is 5.04. The first-order valence-corrected chi connectivity index (χ1v) is 10.1. The number of nitrogens with zero attached hydrogens (tertiary/aromatic N) is 2. The van der Waals surface area contributed by atoms with E-state index in [-0.39, 0.29) is 11.8 Å². The predicted molar refractivity (Wildman–Crippen MR) is 113 cm³/mol. The van der Waals surface area contributed by atoms with E-state index in [4.69, 9.17) is 4.74 Å². The Hall–Kier alpha value is -2.54. The van der Waals surface area contributed by atoms with Crippen LogP contribution in [0.5, 0.6) is 5.75 Å². The number of ether oxygens (including phenoxy) is 1. The van der Waals surface area contributed by atoms with Crippen LogP contribution >= 0.6 is 15.9 Å². The maximum absolute atomic E-state index is 12.5. The number of piperazine rings is 1. The molecule has 0 aromatic heterocycles. The quantitative estimate of drug-likeness (QED) is 0.742. The number of carbonyl (C=O) groups is 2. The molecule has 0 atom stereocenters. The summed E-state index contributed by atoms with van der Waals surface area (Å²) in [4.78, 5) is 28.6. The van der Waals surface area contributed by atoms with Crippen LogP contribution in [0.4, 0.5) is 5.69 Å². The zero-order valence-corrected chi connectivity index (χ0v) is 17.4. The summed E-state index contributed by atoms with van der Waals surface area (Å²) in [6, 6.07) is 15.1. The molecule has 2 aromatic carbocycles. The molecule has 1 N–H and O–H groups in total. The maximum Gasteiger partial charge on any atom is 0.251 e. The lowest BCUT2D eigenvalue weighted by atomic mass is 10.2. The van der Waals surface area contributed by atoms with Crippen LogP contribution in [0, 0.1) is 0 Å². The van der Waals surface area contributed by atoms with Crippen LogP contribution in [0.1, 0.15) is 16.8 Å². The van der Waals surface area contributed by atoms with E-state index in [0.717, 1.165) is 29.0 Å². The SMILES string of the molecule is COc1ccccc1N1CCN(C(=O)CCNC(=O)c2ccc(Br)cc2)CC1. The van der Waals surface area contributed by atoms with E-state index in [1.54, 1.807) is 19.2 Å². The fourth-order valence-electron chi connectivity index (χ4n) is 3.23. The third-order valence-corrected chi connectivity index (χ3v) is 5.32. The largest absolute Gasteiger partial charge is 0.495 e. The molecule has 0 saturated carbocycles. The van der Waals surface area contributed by atoms with Gasteiger partial charge in [-0.25, -0.2) is 0 Å². The highest BCUT2D eigenvalue weighted by Gasteiger charge is 2.22. The molecule has 7 heteroatoms. The van der Waals surface area contributed by atoms with Gasteiger partial charge in [0.25, 0.3) is 5.91 Å². The van der Waals surface area contributed by atoms with Crippen molar-refractivity contribution in [2.75, 3.05) is 44.7 Å². The highest BCUT2D eigenvalue weighted by atomic mass is 79.9. The molecule has 6 nitrogen and oxygen atoms in total. The Morgan fingerprint density at radius 3 is 2.39 bits per heavy atom. The fraction of sp³-hybridized carbons (Fsp3) is 0.333. The number of amides is 2. The first-order valence-electron chi connectivity index (χ1n) is 9.28. The molecule has 28 heavy (non-hydrogen) atoms. The Labute approximate surface area is 173 Å². The molecule has 0 aliphatic carbocycles. The molecular weight excluding hydrogens is 422 g/mol. The van der Waals surface area contributed by atoms with E-state index < -0.39 is 0 Å². The van der Waals surface area contributed by atoms with Gasteiger partial charge < -0.3 is 19.9 Å². The van der Waals surface area contributed by atoms with E-state index in [0.29, 0.717) is 31.6 Å². The minimum absolute atomic E-state index is 0.0655. The molecule has 1 aliphatic heterocycles. The molecule has 0 bridgehead atoms. The molecule has 1 fully saturated rings. The van der Waals surface area contributed by atoms with E-state index in [2.05, 4.69) is 26.1 Å². The van der Waals surface area contributed by atoms with Crippen LogP contribution in [0.3, 0.4) is 0 Å². The minimum atomic E-state index is -0.165. The Balaban J connectivity index is 1.44. The summed E-state index contributed by atoms with van der Waals surface area (Å²) in [7, 11) is 1.67. The number of halogens is 1. The van der Waals surface area contributed by atoms with Crippen molar-refractivity contribution in [1.29, 1.82) is 0 Å². The molecule has 0 spiro atoms. The smallest absolute Gasteiger partial charge is 0.251 e. The van der Waals surface area contributed by atoms with Gasteiger partial charge in [0.15, 0.2) is 0 Å². The standard InChI is InChI=1S/C21H24BrN3O3/c1-28-19-5-3-2-4-18(19)24-12-14-25(15-13-24)20(26)10-11-23-21(27)16-6-8-17(22)9-7-16/h2-9H,10-15H2,1H3,(H,23,27). The predicted octanol–water partition coefficient (Wildman–Crippen LogP) is 2.93. The van der Waals surface area contributed by atoms with Gasteiger partial charge in [0.2, 0.25) is 5.91 Å². The van der Waals surface area contributed by atoms with Crippen LogP contribution in [-0.4, -0.2) is 56.5 Å². The van der Waals surface area contributed by atoms with Crippen molar-refractivity contribution >= 4 is 33.4 Å². The lowest BCUT2D eigenvalue weighted by Crippen LogP contribution is -2.49. The fourth-order valence-corrected chi connectivity index (χ4v) is 3.50. The van der Waals surface area contributed by atoms with Crippen molar-refractivity contribution in [2.24, 2.45) is 0 Å². The molecule has 3 rings (SSSR count). The van der Waals surface area contributed by atoms with Gasteiger partial charge in [0, 0.05) is 49.2 Å². The van der Waals surface area contributed by atoms with Gasteiger partial charge in [-0.15, -0.1) is 0 Å². The van der Waals surface area contributed by atoms with E-state index in [1.165, 1.54) is 0 Å². The van der Waals surface area contributed by atoms with Crippen LogP contribution in [0.2, 0.25) is 0 Å². The summed E-state index contributed by atoms with van der Waals surface area (Å²) in [5, 5.41) is 2.81. The monoisotopic (exact) mass is 445 g/mol. The lowest BCUT2D eigenvalue weighted by Gasteiger charge is -2.36. The average molecular weight is 446 g/mol. The highest BCUT2D eigenvalue weighted by molar-refractivity contribution is 9.10. The van der Waals surface area contributed by atoms with Gasteiger partial charge in [0.05, 0.1) is 12.8 Å². The summed E-state index contributed by atoms with van der Waals surface area (Å²) in [5.41, 5.74) is 1.64. The van der Waals surface area contributed by atoms with Crippen molar-refractivity contribution in [3.8, 4) is 5.75 Å². The van der Waals surface area contributed by atoms with E-state index in [9.17, 15) is 9.59 Å². The lowest BCUT2D eigenvalue weighted by molar-refractivity contribution is -0.131. The van der Waals surface area contributed by atoms with Gasteiger partial charge in [-0.3, -0.25) is 9.59 Å². The molecule has 1 heterocycles. The summed E-state index contributed by atoms with van der Waals surface area (Å²) < 4.78 is 6.35. The molecule has 0 radical (unpaired) electrons. The van der Waals surface area contributed by atoms with Gasteiger partial charge in [-0.05, 0) is 36.4 Å². The normalized spacial score (nSPS) is 13.9. The zero-order valence-electron chi connectivity index (χ0n) is 15.9. The molecular formula is C21H24BrN3O3. The molecule has 0 unspecified atom stereocenters. The second-order valence-electron chi connectivity index (χ2n) is 6.55. The van der Waals surface area contributed by atoms with E-state index in [1.807, 2.05) is 41.3 Å². The minimum Gasteiger partial charge on any atom is -0.495 e. The Morgan fingerprint density at radius 2 is 1.71 bits per heavy atom. The molecule has 1 aliphatic rings. The number of carbonyl (C=O) groups excluding carboxylic acids is 2. The number of para-hydroxylation sites is 2. The number of benzene rings is 2. The van der Waals surface area contributed by atoms with Crippen LogP contribution < -0.4 is 15.0 Å². The van der Waals surface area contributed by atoms with Crippen molar-refractivity contribution in [1.82, 2.24) is 10.2 Å². The van der Waals surface area contributed by atoms with Gasteiger partial charge in [-0.1, -0.05) is 28.1 Å². The molecule has 1 saturated heterocycles. The first kappa shape index (κ1) is 20.2. The zero-order chi connectivity index (χ0) is 19.9. The topological polar surface area (TPSA) is 61.9 Å². The number of rotatable bonds is 6. The van der Waals surface area contributed by atoms with Crippen LogP contribution in [0.25, 0.3) is 0 Å². The summed E-state index contributed by atoms with van der Waals surface area (Å²) in [5.74, 6) is 0.745. The van der Waals surface area contributed by atoms with Gasteiger partial charge in [-0.2, -0.15) is 0 Å². The number of nitrogens with one attached hydrogen (secondary N) is 1. The Kier molecular flexibility index (Phi) is 6.92. The molecule has 2 aromatic rings. The van der Waals surface area contributed by atoms with Crippen LogP contribution in [-0.2, 0) is 4.79 Å². The Bertz CT molecular complexity index is 818. The number of methoxy groups -OCH3 is 1. The molecule has 2 amide bonds. The van der Waals surface area contributed by atoms with E-state index >= 15 is 0 Å². The van der Waals surface area contributed by atoms with Crippen molar-refractivity contribution in [3.63, 3.8) is 0 Å². The Morgan fingerprint density at radius 1 is 1.04 bits per heavy atom. The summed E-state index contributed by atoms with van der Waals surface area (Å²) >= 11 is 3.35. The number of hydrogen-bond acceptors (Lipinski definition) is 4. The van der Waals surface area contributed by atoms with Crippen molar-refractivity contribution < 1.29 is 14.3 Å². The van der Waals surface area contributed by atoms with Crippen molar-refractivity contribution in [3.05, 3.63) is 58.6 Å². The second kappa shape index (κ2) is 9.59. The summed E-state index contributed by atoms with van der Waals surface area (Å²) in [6.45, 7) is 3.18. The van der Waals surface area contributed by atoms with Crippen LogP contribution in [0.15, 0.2) is 53.0 Å². The highest BCUT2D eigenvalue weighted by Crippen LogP contribution is 2.28. The van der Waals surface area contributed by atoms with Crippen molar-refractivity contribution in [2.45, 2.75) is 6.42 Å². The maximum atomic E-state index is 12.5. The third-order valence-electron chi connectivity index (χ3n) is 4.79. The number of anilines is 1. The summed E-state index contributed by atoms with van der Waals surface area (Å²) in [6.07, 6.45) is 0.303. The van der Waals surface area contributed by atoms with Gasteiger partial charge >= 0.3 is 0 Å².